The van der Waals surface area contributed by atoms with E-state index in [4.69, 9.17) is 0 Å². The minimum absolute atomic E-state index is 0.0283. The monoisotopic (exact) mass is 280 g/mol. The number of nitrogens with zero attached hydrogens (tertiary/aromatic N) is 1. The first-order valence-corrected chi connectivity index (χ1v) is 6.31. The van der Waals surface area contributed by atoms with Crippen LogP contribution in [0.15, 0.2) is 54.7 Å². The average Bonchev–Trinajstić information content (AvgIpc) is 2.96. The highest BCUT2D eigenvalue weighted by molar-refractivity contribution is 6.07. The predicted octanol–water partition coefficient (Wildman–Crippen LogP) is 2.72. The maximum absolute atomic E-state index is 12.3. The van der Waals surface area contributed by atoms with Crippen molar-refractivity contribution in [2.45, 2.75) is 0 Å². The number of carbonyl (C=O) groups excluding carboxylic acids is 1. The van der Waals surface area contributed by atoms with Crippen LogP contribution in [0.5, 0.6) is 11.5 Å². The summed E-state index contributed by atoms with van der Waals surface area (Å²) in [4.78, 5) is 19.2. The number of aromatic nitrogens is 2. The number of phenolic OH excluding ortho intramolecular Hbond substituents is 2. The van der Waals surface area contributed by atoms with Crippen LogP contribution in [0.3, 0.4) is 0 Å². The van der Waals surface area contributed by atoms with Crippen LogP contribution in [0.25, 0.3) is 11.3 Å². The summed E-state index contributed by atoms with van der Waals surface area (Å²) in [6.45, 7) is 0. The molecule has 0 fully saturated rings. The minimum Gasteiger partial charge on any atom is -0.508 e. The normalized spacial score (nSPS) is 10.5. The van der Waals surface area contributed by atoms with Crippen molar-refractivity contribution in [1.29, 1.82) is 0 Å². The lowest BCUT2D eigenvalue weighted by atomic mass is 10.1. The van der Waals surface area contributed by atoms with Gasteiger partial charge in [0.2, 0.25) is 5.78 Å². The maximum Gasteiger partial charge on any atom is 0.228 e. The smallest absolute Gasteiger partial charge is 0.228 e. The Bertz CT molecular complexity index is 809. The zero-order valence-corrected chi connectivity index (χ0v) is 10.9. The molecule has 104 valence electrons. The Morgan fingerprint density at radius 3 is 2.43 bits per heavy atom. The molecule has 5 nitrogen and oxygen atoms in total. The fourth-order valence-electron chi connectivity index (χ4n) is 2.04. The molecule has 0 bridgehead atoms. The molecule has 0 amide bonds. The van der Waals surface area contributed by atoms with Crippen molar-refractivity contribution < 1.29 is 15.0 Å². The summed E-state index contributed by atoms with van der Waals surface area (Å²) >= 11 is 0. The summed E-state index contributed by atoms with van der Waals surface area (Å²) in [5, 5.41) is 18.9. The molecule has 0 saturated heterocycles. The van der Waals surface area contributed by atoms with Crippen LogP contribution in [0.2, 0.25) is 0 Å². The second-order valence-corrected chi connectivity index (χ2v) is 4.58. The average molecular weight is 280 g/mol. The molecule has 3 rings (SSSR count). The Kier molecular flexibility index (Phi) is 3.16. The molecule has 0 aliphatic carbocycles. The zero-order valence-electron chi connectivity index (χ0n) is 10.9. The Morgan fingerprint density at radius 2 is 1.71 bits per heavy atom. The van der Waals surface area contributed by atoms with Crippen LogP contribution in [0.4, 0.5) is 0 Å². The van der Waals surface area contributed by atoms with E-state index in [-0.39, 0.29) is 23.1 Å². The lowest BCUT2D eigenvalue weighted by Crippen LogP contribution is -2.03. The first-order valence-electron chi connectivity index (χ1n) is 6.31. The van der Waals surface area contributed by atoms with E-state index in [2.05, 4.69) is 9.97 Å². The summed E-state index contributed by atoms with van der Waals surface area (Å²) in [5.74, 6) is 0.0415. The second-order valence-electron chi connectivity index (χ2n) is 4.58. The van der Waals surface area contributed by atoms with Crippen molar-refractivity contribution in [2.75, 3.05) is 0 Å². The van der Waals surface area contributed by atoms with Crippen molar-refractivity contribution in [3.8, 4) is 22.8 Å². The summed E-state index contributed by atoms with van der Waals surface area (Å²) < 4.78 is 0. The first kappa shape index (κ1) is 12.9. The van der Waals surface area contributed by atoms with Crippen LogP contribution >= 0.6 is 0 Å². The van der Waals surface area contributed by atoms with Crippen molar-refractivity contribution in [1.82, 2.24) is 9.97 Å². The number of rotatable bonds is 3. The molecule has 3 aromatic rings. The third kappa shape index (κ3) is 2.62. The van der Waals surface area contributed by atoms with Gasteiger partial charge in [0, 0.05) is 11.1 Å². The predicted molar refractivity (Wildman–Crippen MR) is 77.2 cm³/mol. The van der Waals surface area contributed by atoms with Gasteiger partial charge in [0.25, 0.3) is 0 Å². The van der Waals surface area contributed by atoms with Gasteiger partial charge in [0.1, 0.15) is 11.5 Å². The highest BCUT2D eigenvalue weighted by atomic mass is 16.3. The fourth-order valence-corrected chi connectivity index (χ4v) is 2.04. The molecule has 5 heteroatoms. The van der Waals surface area contributed by atoms with E-state index >= 15 is 0 Å². The van der Waals surface area contributed by atoms with Crippen molar-refractivity contribution in [2.24, 2.45) is 0 Å². The third-order valence-corrected chi connectivity index (χ3v) is 3.06. The molecule has 0 atom stereocenters. The number of carbonyl (C=O) groups is 1. The summed E-state index contributed by atoms with van der Waals surface area (Å²) in [6, 6.07) is 12.8. The van der Waals surface area contributed by atoms with Crippen molar-refractivity contribution in [3.05, 3.63) is 66.1 Å². The number of benzene rings is 2. The number of hydrogen-bond donors (Lipinski definition) is 3. The number of H-pyrrole nitrogens is 1. The van der Waals surface area contributed by atoms with E-state index in [9.17, 15) is 15.0 Å². The van der Waals surface area contributed by atoms with Gasteiger partial charge in [-0.3, -0.25) is 4.79 Å². The van der Waals surface area contributed by atoms with E-state index in [1.807, 2.05) is 0 Å². The van der Waals surface area contributed by atoms with E-state index < -0.39 is 0 Å². The molecule has 0 spiro atoms. The summed E-state index contributed by atoms with van der Waals surface area (Å²) in [5.41, 5.74) is 1.72. The van der Waals surface area contributed by atoms with Crippen LogP contribution < -0.4 is 0 Å². The SMILES string of the molecule is O=C(c1cccc(O)c1)c1ncc(-c2cccc(O)c2)[nH]1. The molecule has 1 aromatic heterocycles. The van der Waals surface area contributed by atoms with Crippen molar-refractivity contribution >= 4 is 5.78 Å². The Hall–Kier alpha value is -3.08. The van der Waals surface area contributed by atoms with Gasteiger partial charge in [-0.05, 0) is 24.3 Å². The number of imidazole rings is 1. The second kappa shape index (κ2) is 5.13. The Morgan fingerprint density at radius 1 is 1.00 bits per heavy atom. The van der Waals surface area contributed by atoms with Crippen LogP contribution in [0, 0.1) is 0 Å². The van der Waals surface area contributed by atoms with Gasteiger partial charge in [-0.15, -0.1) is 0 Å². The lowest BCUT2D eigenvalue weighted by molar-refractivity contribution is 0.103. The maximum atomic E-state index is 12.3. The highest BCUT2D eigenvalue weighted by Gasteiger charge is 2.14. The topological polar surface area (TPSA) is 86.2 Å². The number of aromatic amines is 1. The van der Waals surface area contributed by atoms with Gasteiger partial charge in [0.05, 0.1) is 11.9 Å². The number of phenols is 2. The molecule has 3 N–H and O–H groups in total. The van der Waals surface area contributed by atoms with E-state index in [0.29, 0.717) is 11.3 Å². The zero-order chi connectivity index (χ0) is 14.8. The standard InChI is InChI=1S/C16H12N2O3/c19-12-5-1-3-10(7-12)14-9-17-16(18-14)15(21)11-4-2-6-13(20)8-11/h1-9,19-20H,(H,17,18). The first-order chi connectivity index (χ1) is 10.1. The van der Waals surface area contributed by atoms with Crippen molar-refractivity contribution in [3.63, 3.8) is 0 Å². The Labute approximate surface area is 120 Å². The fraction of sp³-hybridized carbons (Fsp3) is 0. The number of hydrogen-bond acceptors (Lipinski definition) is 4. The molecule has 0 unspecified atom stereocenters. The van der Waals surface area contributed by atoms with E-state index in [0.717, 1.165) is 5.56 Å². The lowest BCUT2D eigenvalue weighted by Gasteiger charge is -1.99. The van der Waals surface area contributed by atoms with Crippen LogP contribution in [-0.2, 0) is 0 Å². The quantitative estimate of drug-likeness (QED) is 0.644. The molecule has 0 radical (unpaired) electrons. The molecule has 0 saturated carbocycles. The van der Waals surface area contributed by atoms with E-state index in [1.54, 1.807) is 36.4 Å². The Balaban J connectivity index is 1.93. The molecule has 0 aliphatic rings. The molecular formula is C16H12N2O3. The van der Waals surface area contributed by atoms with E-state index in [1.165, 1.54) is 18.3 Å². The third-order valence-electron chi connectivity index (χ3n) is 3.06. The molecule has 2 aromatic carbocycles. The van der Waals surface area contributed by atoms with Gasteiger partial charge in [-0.2, -0.15) is 0 Å². The molecule has 21 heavy (non-hydrogen) atoms. The highest BCUT2D eigenvalue weighted by Crippen LogP contribution is 2.22. The molecule has 0 aliphatic heterocycles. The summed E-state index contributed by atoms with van der Waals surface area (Å²) in [7, 11) is 0. The van der Waals surface area contributed by atoms with Gasteiger partial charge >= 0.3 is 0 Å². The number of ketones is 1. The van der Waals surface area contributed by atoms with Gasteiger partial charge < -0.3 is 15.2 Å². The van der Waals surface area contributed by atoms with Gasteiger partial charge in [0.15, 0.2) is 5.82 Å². The number of nitrogens with one attached hydrogen (secondary N) is 1. The largest absolute Gasteiger partial charge is 0.508 e. The van der Waals surface area contributed by atoms with Gasteiger partial charge in [-0.1, -0.05) is 24.3 Å². The van der Waals surface area contributed by atoms with Crippen LogP contribution in [0.1, 0.15) is 16.2 Å². The van der Waals surface area contributed by atoms with Gasteiger partial charge in [-0.25, -0.2) is 4.98 Å². The van der Waals surface area contributed by atoms with Crippen LogP contribution in [-0.4, -0.2) is 26.0 Å². The minimum atomic E-state index is -0.308. The molecule has 1 heterocycles. The molecular weight excluding hydrogens is 268 g/mol. The number of aromatic hydroxyl groups is 2. The summed E-state index contributed by atoms with van der Waals surface area (Å²) in [6.07, 6.45) is 1.53.